The van der Waals surface area contributed by atoms with Gasteiger partial charge in [0.2, 0.25) is 0 Å². The van der Waals surface area contributed by atoms with Crippen LogP contribution in [0.2, 0.25) is 0 Å². The summed E-state index contributed by atoms with van der Waals surface area (Å²) in [5.41, 5.74) is 0. The number of hydrogen-bond donors (Lipinski definition) is 2. The van der Waals surface area contributed by atoms with E-state index in [1.807, 2.05) is 0 Å². The fraction of sp³-hybridized carbons (Fsp3) is 0. The molecule has 8 heavy (non-hydrogen) atoms. The van der Waals surface area contributed by atoms with Crippen LogP contribution in [-0.2, 0) is 54.6 Å². The quantitative estimate of drug-likeness (QED) is 0.501. The monoisotopic (exact) mass is 275 g/mol. The average molecular weight is 276 g/mol. The van der Waals surface area contributed by atoms with Gasteiger partial charge < -0.3 is 0 Å². The van der Waals surface area contributed by atoms with Crippen LogP contribution in [0.3, 0.4) is 0 Å². The van der Waals surface area contributed by atoms with Gasteiger partial charge in [0.1, 0.15) is 0 Å². The SMILES string of the molecule is [Fe].[KH].[Ni].[O]=[Mn](=[O])([OH])[OH]. The Morgan fingerprint density at radius 1 is 1.12 bits per heavy atom. The van der Waals surface area contributed by atoms with Gasteiger partial charge in [0.15, 0.2) is 0 Å². The van der Waals surface area contributed by atoms with Gasteiger partial charge in [-0.2, -0.15) is 0 Å². The van der Waals surface area contributed by atoms with Crippen molar-refractivity contribution in [3.63, 3.8) is 0 Å². The molecular weight excluding hydrogens is 273 g/mol. The second-order valence-electron chi connectivity index (χ2n) is 0.415. The molecule has 0 unspecified atom stereocenters. The zero-order valence-corrected chi connectivity index (χ0v) is 6.03. The maximum atomic E-state index is 8.80. The molecule has 0 fully saturated rings. The third-order valence-electron chi connectivity index (χ3n) is 0. The van der Waals surface area contributed by atoms with E-state index in [4.69, 9.17) is 16.0 Å². The van der Waals surface area contributed by atoms with Crippen molar-refractivity contribution in [2.45, 2.75) is 0 Å². The summed E-state index contributed by atoms with van der Waals surface area (Å²) in [7, 11) is 0. The van der Waals surface area contributed by atoms with Crippen molar-refractivity contribution in [3.05, 3.63) is 0 Å². The van der Waals surface area contributed by atoms with E-state index in [-0.39, 0.29) is 84.9 Å². The van der Waals surface area contributed by atoms with Gasteiger partial charge in [-0.15, -0.1) is 0 Å². The van der Waals surface area contributed by atoms with Crippen molar-refractivity contribution in [3.8, 4) is 0 Å². The normalized spacial score (nSPS) is 7.25. The van der Waals surface area contributed by atoms with Crippen LogP contribution < -0.4 is 0 Å². The molecule has 0 aromatic rings. The van der Waals surface area contributed by atoms with E-state index in [1.165, 1.54) is 0 Å². The molecule has 0 aromatic carbocycles. The van der Waals surface area contributed by atoms with Crippen molar-refractivity contribution < 1.29 is 63.0 Å². The minimum atomic E-state index is -5.12. The summed E-state index contributed by atoms with van der Waals surface area (Å²) in [4.78, 5) is 0. The van der Waals surface area contributed by atoms with Crippen LogP contribution in [0.25, 0.3) is 0 Å². The van der Waals surface area contributed by atoms with E-state index in [0.717, 1.165) is 0 Å². The molecule has 0 heterocycles. The topological polar surface area (TPSA) is 74.6 Å². The van der Waals surface area contributed by atoms with E-state index in [1.54, 1.807) is 0 Å². The minimum absolute atomic E-state index is 0. The summed E-state index contributed by atoms with van der Waals surface area (Å²) >= 11 is -5.12. The summed E-state index contributed by atoms with van der Waals surface area (Å²) in [6.45, 7) is 0. The summed E-state index contributed by atoms with van der Waals surface area (Å²) in [5.74, 6) is 0. The van der Waals surface area contributed by atoms with Gasteiger partial charge in [0.05, 0.1) is 0 Å². The van der Waals surface area contributed by atoms with E-state index in [9.17, 15) is 0 Å². The van der Waals surface area contributed by atoms with Gasteiger partial charge in [-0.3, -0.25) is 0 Å². The van der Waals surface area contributed by atoms with Crippen LogP contribution in [0.1, 0.15) is 0 Å². The fourth-order valence-corrected chi connectivity index (χ4v) is 0. The van der Waals surface area contributed by atoms with Crippen LogP contribution in [0.15, 0.2) is 0 Å². The standard InChI is InChI=1S/Fe.K.Mn.Ni.2H2O.2O.H/h;;;;2*1H2;;;/q;;+2;;;;;;/p-2. The molecule has 0 aliphatic heterocycles. The van der Waals surface area contributed by atoms with Crippen LogP contribution in [0, 0.1) is 0 Å². The van der Waals surface area contributed by atoms with E-state index in [0.29, 0.717) is 0 Å². The molecule has 0 aromatic heterocycles. The van der Waals surface area contributed by atoms with Gasteiger partial charge in [-0.05, 0) is 0 Å². The molecule has 0 saturated heterocycles. The van der Waals surface area contributed by atoms with Gasteiger partial charge >= 0.3 is 80.8 Å². The van der Waals surface area contributed by atoms with Crippen molar-refractivity contribution in [2.24, 2.45) is 0 Å². The summed E-state index contributed by atoms with van der Waals surface area (Å²) in [6.07, 6.45) is 0. The molecule has 4 nitrogen and oxygen atoms in total. The molecule has 0 rings (SSSR count). The predicted octanol–water partition coefficient (Wildman–Crippen LogP) is -2.01. The Hall–Kier alpha value is 2.69. The van der Waals surface area contributed by atoms with Gasteiger partial charge in [-0.25, -0.2) is 0 Å². The summed E-state index contributed by atoms with van der Waals surface area (Å²) in [6, 6.07) is 0. The Balaban J connectivity index is -0.0000000267. The average Bonchev–Trinajstić information content (AvgIpc) is 0.722. The summed E-state index contributed by atoms with van der Waals surface area (Å²) in [5, 5.41) is 0. The van der Waals surface area contributed by atoms with Crippen LogP contribution in [-0.4, -0.2) is 59.8 Å². The Labute approximate surface area is 112 Å². The third kappa shape index (κ3) is 71.0. The molecule has 0 radical (unpaired) electrons. The molecule has 0 aliphatic rings. The van der Waals surface area contributed by atoms with E-state index >= 15 is 0 Å². The van der Waals surface area contributed by atoms with Crippen molar-refractivity contribution in [2.75, 3.05) is 0 Å². The maximum absolute atomic E-state index is 8.80. The molecule has 0 aliphatic carbocycles. The molecule has 0 bridgehead atoms. The van der Waals surface area contributed by atoms with Crippen molar-refractivity contribution >= 4 is 51.4 Å². The van der Waals surface area contributed by atoms with E-state index < -0.39 is 13.4 Å². The molecule has 0 amide bonds. The van der Waals surface area contributed by atoms with Crippen LogP contribution in [0.5, 0.6) is 0 Å². The van der Waals surface area contributed by atoms with Crippen molar-refractivity contribution in [1.82, 2.24) is 0 Å². The second-order valence-corrected chi connectivity index (χ2v) is 1.71. The second kappa shape index (κ2) is 9.69. The first-order valence-electron chi connectivity index (χ1n) is 0.647. The number of rotatable bonds is 0. The van der Waals surface area contributed by atoms with E-state index in [2.05, 4.69) is 0 Å². The first-order chi connectivity index (χ1) is 2.00. The van der Waals surface area contributed by atoms with Gasteiger partial charge in [-0.1, -0.05) is 0 Å². The van der Waals surface area contributed by atoms with Crippen LogP contribution in [0.4, 0.5) is 0 Å². The Morgan fingerprint density at radius 2 is 1.12 bits per heavy atom. The first-order valence-corrected chi connectivity index (χ1v) is 2.67. The Bertz CT molecular complexity index is 99.2. The molecule has 2 N–H and O–H groups in total. The molecule has 8 heteroatoms. The number of hydrogen-bond acceptors (Lipinski definition) is 2. The molecular formula is H3FeKMnNiO4. The zero-order valence-electron chi connectivity index (χ0n) is 2.76. The summed E-state index contributed by atoms with van der Waals surface area (Å²) < 4.78 is 31.8. The van der Waals surface area contributed by atoms with Gasteiger partial charge in [0, 0.05) is 33.6 Å². The molecule has 0 spiro atoms. The van der Waals surface area contributed by atoms with Gasteiger partial charge in [0.25, 0.3) is 0 Å². The Kier molecular flexibility index (Phi) is 27.2. The van der Waals surface area contributed by atoms with Crippen molar-refractivity contribution in [1.29, 1.82) is 0 Å². The zero-order chi connectivity index (χ0) is 4.50. The first kappa shape index (κ1) is 22.4. The molecule has 53 valence electrons. The molecule has 0 saturated carbocycles. The van der Waals surface area contributed by atoms with Crippen LogP contribution >= 0.6 is 0 Å². The third-order valence-corrected chi connectivity index (χ3v) is 0. The Morgan fingerprint density at radius 3 is 1.12 bits per heavy atom. The fourth-order valence-electron chi connectivity index (χ4n) is 0. The molecule has 0 atom stereocenters. The predicted molar refractivity (Wildman–Crippen MR) is 13.0 cm³/mol.